The van der Waals surface area contributed by atoms with Crippen molar-refractivity contribution >= 4 is 5.97 Å². The lowest BCUT2D eigenvalue weighted by Crippen LogP contribution is -2.12. The number of aromatic nitrogens is 2. The van der Waals surface area contributed by atoms with E-state index in [1.54, 1.807) is 31.2 Å². The van der Waals surface area contributed by atoms with Crippen LogP contribution in [0.25, 0.3) is 11.5 Å². The smallest absolute Gasteiger partial charge is 0.338 e. The van der Waals surface area contributed by atoms with Crippen LogP contribution < -0.4 is 4.74 Å². The van der Waals surface area contributed by atoms with Crippen LogP contribution in [0.3, 0.4) is 0 Å². The summed E-state index contributed by atoms with van der Waals surface area (Å²) >= 11 is 0. The summed E-state index contributed by atoms with van der Waals surface area (Å²) in [5.41, 5.74) is 3.47. The number of nitrogens with zero attached hydrogens (tertiary/aromatic N) is 2. The molecule has 0 unspecified atom stereocenters. The number of esters is 1. The summed E-state index contributed by atoms with van der Waals surface area (Å²) in [5.74, 6) is 1.36. The molecule has 134 valence electrons. The van der Waals surface area contributed by atoms with Crippen LogP contribution in [0.5, 0.6) is 5.75 Å². The number of carbonyl (C=O) groups excluding carboxylic acids is 1. The summed E-state index contributed by atoms with van der Waals surface area (Å²) in [7, 11) is 0. The fourth-order valence-electron chi connectivity index (χ4n) is 2.56. The summed E-state index contributed by atoms with van der Waals surface area (Å²) in [4.78, 5) is 16.2. The van der Waals surface area contributed by atoms with Gasteiger partial charge in [0.1, 0.15) is 19.0 Å². The maximum atomic E-state index is 12.1. The van der Waals surface area contributed by atoms with Gasteiger partial charge in [0.15, 0.2) is 5.82 Å². The Morgan fingerprint density at radius 2 is 1.69 bits per heavy atom. The second kappa shape index (κ2) is 7.82. The van der Waals surface area contributed by atoms with Gasteiger partial charge in [-0.3, -0.25) is 0 Å². The van der Waals surface area contributed by atoms with Gasteiger partial charge in [0.2, 0.25) is 0 Å². The Balaban J connectivity index is 1.50. The Morgan fingerprint density at radius 3 is 2.31 bits per heavy atom. The van der Waals surface area contributed by atoms with Gasteiger partial charge < -0.3 is 14.0 Å². The molecule has 0 aliphatic heterocycles. The van der Waals surface area contributed by atoms with E-state index in [-0.39, 0.29) is 6.61 Å². The topological polar surface area (TPSA) is 74.5 Å². The normalized spacial score (nSPS) is 10.6. The van der Waals surface area contributed by atoms with Crippen molar-refractivity contribution < 1.29 is 18.8 Å². The van der Waals surface area contributed by atoms with E-state index in [0.29, 0.717) is 23.9 Å². The molecule has 0 bridgehead atoms. The average molecular weight is 352 g/mol. The van der Waals surface area contributed by atoms with E-state index >= 15 is 0 Å². The number of hydrogen-bond donors (Lipinski definition) is 0. The van der Waals surface area contributed by atoms with Crippen molar-refractivity contribution in [3.05, 3.63) is 65.0 Å². The van der Waals surface area contributed by atoms with Crippen molar-refractivity contribution in [1.82, 2.24) is 10.1 Å². The van der Waals surface area contributed by atoms with E-state index in [2.05, 4.69) is 16.2 Å². The highest BCUT2D eigenvalue weighted by molar-refractivity contribution is 5.89. The van der Waals surface area contributed by atoms with Crippen LogP contribution >= 0.6 is 0 Å². The highest BCUT2D eigenvalue weighted by Crippen LogP contribution is 2.18. The van der Waals surface area contributed by atoms with Gasteiger partial charge in [0.25, 0.3) is 5.89 Å². The molecule has 0 N–H and O–H groups in total. The molecule has 1 aromatic heterocycles. The highest BCUT2D eigenvalue weighted by atomic mass is 16.6. The van der Waals surface area contributed by atoms with E-state index in [1.165, 1.54) is 0 Å². The van der Waals surface area contributed by atoms with E-state index in [1.807, 2.05) is 26.0 Å². The molecule has 0 spiro atoms. The fraction of sp³-hybridized carbons (Fsp3) is 0.250. The molecule has 6 heteroatoms. The van der Waals surface area contributed by atoms with Crippen LogP contribution in [0.15, 0.2) is 47.0 Å². The molecule has 6 nitrogen and oxygen atoms in total. The largest absolute Gasteiger partial charge is 0.490 e. The molecule has 3 rings (SSSR count). The summed E-state index contributed by atoms with van der Waals surface area (Å²) in [5, 5.41) is 3.74. The van der Waals surface area contributed by atoms with Crippen LogP contribution in [0.1, 0.15) is 27.3 Å². The fourth-order valence-corrected chi connectivity index (χ4v) is 2.56. The molecular weight excluding hydrogens is 332 g/mol. The molecule has 0 aliphatic carbocycles. The summed E-state index contributed by atoms with van der Waals surface area (Å²) < 4.78 is 16.0. The van der Waals surface area contributed by atoms with E-state index in [9.17, 15) is 4.79 Å². The second-order valence-electron chi connectivity index (χ2n) is 6.03. The Bertz CT molecular complexity index is 880. The monoisotopic (exact) mass is 352 g/mol. The van der Waals surface area contributed by atoms with Gasteiger partial charge >= 0.3 is 5.97 Å². The Hall–Kier alpha value is -3.15. The standard InChI is InChI=1S/C20H20N2O4/c1-13-10-14(2)12-18(11-13)24-8-9-25-20(23)17-6-4-16(5-7-17)19-21-15(3)22-26-19/h4-7,10-12H,8-9H2,1-3H3. The van der Waals surface area contributed by atoms with Gasteiger partial charge in [-0.1, -0.05) is 11.2 Å². The predicted molar refractivity (Wildman–Crippen MR) is 96.2 cm³/mol. The number of ether oxygens (including phenoxy) is 2. The molecule has 0 atom stereocenters. The number of carbonyl (C=O) groups is 1. The van der Waals surface area contributed by atoms with Gasteiger partial charge in [0, 0.05) is 5.56 Å². The summed E-state index contributed by atoms with van der Waals surface area (Å²) in [6.45, 7) is 6.25. The molecule has 26 heavy (non-hydrogen) atoms. The lowest BCUT2D eigenvalue weighted by atomic mass is 10.1. The third kappa shape index (κ3) is 4.47. The molecule has 0 radical (unpaired) electrons. The minimum absolute atomic E-state index is 0.177. The van der Waals surface area contributed by atoms with Crippen molar-refractivity contribution in [3.63, 3.8) is 0 Å². The van der Waals surface area contributed by atoms with Crippen molar-refractivity contribution in [2.75, 3.05) is 13.2 Å². The van der Waals surface area contributed by atoms with Gasteiger partial charge in [-0.15, -0.1) is 0 Å². The zero-order valence-corrected chi connectivity index (χ0v) is 15.0. The molecule has 1 heterocycles. The first-order valence-corrected chi connectivity index (χ1v) is 8.30. The molecular formula is C20H20N2O4. The van der Waals surface area contributed by atoms with Crippen LogP contribution in [0, 0.1) is 20.8 Å². The SMILES string of the molecule is Cc1cc(C)cc(OCCOC(=O)c2ccc(-c3nc(C)no3)cc2)c1. The first-order chi connectivity index (χ1) is 12.5. The second-order valence-corrected chi connectivity index (χ2v) is 6.03. The predicted octanol–water partition coefficient (Wildman–Crippen LogP) is 3.90. The Kier molecular flexibility index (Phi) is 5.31. The third-order valence-electron chi connectivity index (χ3n) is 3.68. The maximum Gasteiger partial charge on any atom is 0.338 e. The lowest BCUT2D eigenvalue weighted by molar-refractivity contribution is 0.0450. The minimum Gasteiger partial charge on any atom is -0.490 e. The van der Waals surface area contributed by atoms with Gasteiger partial charge in [-0.05, 0) is 68.3 Å². The van der Waals surface area contributed by atoms with E-state index in [4.69, 9.17) is 14.0 Å². The maximum absolute atomic E-state index is 12.1. The van der Waals surface area contributed by atoms with Crippen LogP contribution in [0.4, 0.5) is 0 Å². The summed E-state index contributed by atoms with van der Waals surface area (Å²) in [6, 6.07) is 12.8. The van der Waals surface area contributed by atoms with Crippen molar-refractivity contribution in [3.8, 4) is 17.2 Å². The van der Waals surface area contributed by atoms with Gasteiger partial charge in [-0.25, -0.2) is 4.79 Å². The number of benzene rings is 2. The zero-order valence-electron chi connectivity index (χ0n) is 15.0. The van der Waals surface area contributed by atoms with Crippen molar-refractivity contribution in [1.29, 1.82) is 0 Å². The Labute approximate surface area is 151 Å². The molecule has 0 fully saturated rings. The molecule has 0 saturated carbocycles. The lowest BCUT2D eigenvalue weighted by Gasteiger charge is -2.09. The third-order valence-corrected chi connectivity index (χ3v) is 3.68. The number of rotatable bonds is 6. The summed E-state index contributed by atoms with van der Waals surface area (Å²) in [6.07, 6.45) is 0. The van der Waals surface area contributed by atoms with E-state index in [0.717, 1.165) is 22.4 Å². The zero-order chi connectivity index (χ0) is 18.5. The van der Waals surface area contributed by atoms with Gasteiger partial charge in [-0.2, -0.15) is 4.98 Å². The van der Waals surface area contributed by atoms with E-state index < -0.39 is 5.97 Å². The van der Waals surface area contributed by atoms with Gasteiger partial charge in [0.05, 0.1) is 5.56 Å². The van der Waals surface area contributed by atoms with Crippen LogP contribution in [0.2, 0.25) is 0 Å². The number of hydrogen-bond acceptors (Lipinski definition) is 6. The first kappa shape index (κ1) is 17.7. The molecule has 2 aromatic carbocycles. The van der Waals surface area contributed by atoms with Crippen LogP contribution in [-0.2, 0) is 4.74 Å². The minimum atomic E-state index is -0.401. The number of aryl methyl sites for hydroxylation is 3. The highest BCUT2D eigenvalue weighted by Gasteiger charge is 2.10. The molecule has 0 saturated heterocycles. The average Bonchev–Trinajstić information content (AvgIpc) is 3.04. The van der Waals surface area contributed by atoms with Crippen molar-refractivity contribution in [2.45, 2.75) is 20.8 Å². The molecule has 0 aliphatic rings. The Morgan fingerprint density at radius 1 is 1.00 bits per heavy atom. The molecule has 3 aromatic rings. The quantitative estimate of drug-likeness (QED) is 0.495. The first-order valence-electron chi connectivity index (χ1n) is 8.30. The van der Waals surface area contributed by atoms with Crippen molar-refractivity contribution in [2.24, 2.45) is 0 Å². The molecule has 0 amide bonds. The van der Waals surface area contributed by atoms with Crippen LogP contribution in [-0.4, -0.2) is 29.3 Å².